The summed E-state index contributed by atoms with van der Waals surface area (Å²) in [5, 5.41) is 5.39. The Morgan fingerprint density at radius 2 is 1.38 bits per heavy atom. The van der Waals surface area contributed by atoms with Crippen LogP contribution >= 0.6 is 24.8 Å². The molecule has 0 heterocycles. The van der Waals surface area contributed by atoms with Crippen molar-refractivity contribution in [3.63, 3.8) is 0 Å². The minimum Gasteiger partial charge on any atom is -0.126 e. The zero-order valence-electron chi connectivity index (χ0n) is 15.6. The van der Waals surface area contributed by atoms with Gasteiger partial charge in [0.15, 0.2) is 0 Å². The van der Waals surface area contributed by atoms with Crippen LogP contribution in [-0.4, -0.2) is 6.88 Å². The van der Waals surface area contributed by atoms with Crippen LogP contribution in [0.2, 0.25) is 0 Å². The third kappa shape index (κ3) is 8.01. The first kappa shape index (κ1) is 30.2. The number of fused-ring (bicyclic) bond motifs is 3. The van der Waals surface area contributed by atoms with Crippen molar-refractivity contribution in [3.05, 3.63) is 93.3 Å². The topological polar surface area (TPSA) is 0 Å². The fraction of sp³-hybridized carbons (Fsp3) is 0.136. The quantitative estimate of drug-likeness (QED) is 0.256. The van der Waals surface area contributed by atoms with Gasteiger partial charge in [-0.2, -0.15) is 6.08 Å². The SMILES string of the molecule is CCC1=CC[C-]=C1.Cl.Cl.[CH3-].[CH3-].[Si]=[Zr].c1ccc2c(c1)[cH-]c1ccccc12. The van der Waals surface area contributed by atoms with Gasteiger partial charge < -0.3 is 14.9 Å². The molecule has 0 nitrogen and oxygen atoms in total. The van der Waals surface area contributed by atoms with E-state index in [0.717, 1.165) is 12.8 Å². The summed E-state index contributed by atoms with van der Waals surface area (Å²) in [5.74, 6) is 0. The molecule has 26 heavy (non-hydrogen) atoms. The first-order chi connectivity index (χ1) is 10.9. The molecule has 1 aliphatic carbocycles. The number of halogens is 2. The van der Waals surface area contributed by atoms with Crippen LogP contribution in [0.25, 0.3) is 21.5 Å². The summed E-state index contributed by atoms with van der Waals surface area (Å²) in [4.78, 5) is 0. The first-order valence-electron chi connectivity index (χ1n) is 7.42. The number of benzene rings is 2. The van der Waals surface area contributed by atoms with Gasteiger partial charge in [-0.05, 0) is 0 Å². The van der Waals surface area contributed by atoms with Crippen molar-refractivity contribution in [3.8, 4) is 0 Å². The molecule has 1 aliphatic rings. The Labute approximate surface area is 188 Å². The molecule has 0 aliphatic heterocycles. The second-order valence-electron chi connectivity index (χ2n) is 5.00. The summed E-state index contributed by atoms with van der Waals surface area (Å²) in [6, 6.07) is 19.3. The van der Waals surface area contributed by atoms with Crippen molar-refractivity contribution in [2.75, 3.05) is 0 Å². The van der Waals surface area contributed by atoms with Crippen molar-refractivity contribution in [2.24, 2.45) is 0 Å². The third-order valence-electron chi connectivity index (χ3n) is 3.70. The molecule has 0 N–H and O–H groups in total. The largest absolute Gasteiger partial charge is 0.126 e. The number of hydrogen-bond donors (Lipinski definition) is 0. The van der Waals surface area contributed by atoms with Gasteiger partial charge in [0.05, 0.1) is 0 Å². The molecule has 0 atom stereocenters. The second-order valence-corrected chi connectivity index (χ2v) is 5.00. The monoisotopic (exact) mass is 478 g/mol. The molecule has 140 valence electrons. The van der Waals surface area contributed by atoms with E-state index in [9.17, 15) is 0 Å². The average Bonchev–Trinajstić information content (AvgIpc) is 3.24. The van der Waals surface area contributed by atoms with Crippen LogP contribution in [0.15, 0.2) is 72.3 Å². The Bertz CT molecular complexity index is 756. The van der Waals surface area contributed by atoms with Crippen LogP contribution < -0.4 is 0 Å². The second kappa shape index (κ2) is 16.6. The molecule has 3 aromatic rings. The van der Waals surface area contributed by atoms with E-state index in [1.807, 2.05) is 0 Å². The molecular weight excluding hydrogens is 454 g/mol. The van der Waals surface area contributed by atoms with Gasteiger partial charge in [-0.15, -0.1) is 71.0 Å². The van der Waals surface area contributed by atoms with Gasteiger partial charge in [-0.1, -0.05) is 49.7 Å². The van der Waals surface area contributed by atoms with Gasteiger partial charge in [-0.25, -0.2) is 11.6 Å². The Hall–Kier alpha value is -0.530. The fourth-order valence-electron chi connectivity index (χ4n) is 2.59. The first-order valence-corrected chi connectivity index (χ1v) is 11.6. The molecule has 0 saturated carbocycles. The summed E-state index contributed by atoms with van der Waals surface area (Å²) in [7, 11) is 0. The maximum Gasteiger partial charge on any atom is -0.0771 e. The van der Waals surface area contributed by atoms with E-state index in [1.54, 1.807) is 0 Å². The van der Waals surface area contributed by atoms with E-state index in [1.165, 1.54) is 50.5 Å². The predicted molar refractivity (Wildman–Crippen MR) is 121 cm³/mol. The molecule has 0 fully saturated rings. The molecule has 0 amide bonds. The molecule has 0 unspecified atom stereocenters. The van der Waals surface area contributed by atoms with Crippen molar-refractivity contribution >= 4 is 53.2 Å². The summed E-state index contributed by atoms with van der Waals surface area (Å²) >= 11 is 1.36. The molecular formula is C22H26Cl2SiZr-4. The van der Waals surface area contributed by atoms with E-state index >= 15 is 0 Å². The Kier molecular flexibility index (Phi) is 19.3. The van der Waals surface area contributed by atoms with Crippen LogP contribution in [0.1, 0.15) is 19.8 Å². The minimum atomic E-state index is 0. The number of hydrogen-bond acceptors (Lipinski definition) is 0. The van der Waals surface area contributed by atoms with Crippen molar-refractivity contribution in [1.82, 2.24) is 0 Å². The predicted octanol–water partition coefficient (Wildman–Crippen LogP) is 7.16. The van der Waals surface area contributed by atoms with E-state index < -0.39 is 0 Å². The fourth-order valence-corrected chi connectivity index (χ4v) is 2.59. The average molecular weight is 481 g/mol. The van der Waals surface area contributed by atoms with Crippen LogP contribution in [0.5, 0.6) is 0 Å². The van der Waals surface area contributed by atoms with Crippen LogP contribution in [-0.2, 0) is 23.3 Å². The van der Waals surface area contributed by atoms with E-state index in [4.69, 9.17) is 0 Å². The van der Waals surface area contributed by atoms with Gasteiger partial charge in [0, 0.05) is 0 Å². The van der Waals surface area contributed by atoms with Crippen LogP contribution in [0, 0.1) is 20.9 Å². The van der Waals surface area contributed by atoms with Gasteiger partial charge in [-0.3, -0.25) is 6.08 Å². The van der Waals surface area contributed by atoms with Crippen molar-refractivity contribution < 1.29 is 23.3 Å². The van der Waals surface area contributed by atoms with Gasteiger partial charge in [0.25, 0.3) is 0 Å². The molecule has 0 bridgehead atoms. The van der Waals surface area contributed by atoms with Crippen molar-refractivity contribution in [1.29, 1.82) is 0 Å². The van der Waals surface area contributed by atoms with Crippen molar-refractivity contribution in [2.45, 2.75) is 19.8 Å². The molecule has 0 saturated heterocycles. The smallest absolute Gasteiger partial charge is 0.0771 e. The summed E-state index contributed by atoms with van der Waals surface area (Å²) in [6.45, 7) is 5.22. The number of rotatable bonds is 1. The molecule has 4 rings (SSSR count). The van der Waals surface area contributed by atoms with E-state index in [0.29, 0.717) is 0 Å². The number of allylic oxidation sites excluding steroid dienone is 4. The zero-order valence-corrected chi connectivity index (χ0v) is 20.7. The zero-order chi connectivity index (χ0) is 15.8. The minimum absolute atomic E-state index is 0. The van der Waals surface area contributed by atoms with Crippen LogP contribution in [0.3, 0.4) is 0 Å². The maximum absolute atomic E-state index is 3.11. The summed E-state index contributed by atoms with van der Waals surface area (Å²) in [6.07, 6.45) is 9.57. The normalized spacial score (nSPS) is 10.4. The van der Waals surface area contributed by atoms with E-state index in [-0.39, 0.29) is 39.7 Å². The Morgan fingerprint density at radius 1 is 0.923 bits per heavy atom. The Morgan fingerprint density at radius 3 is 1.73 bits per heavy atom. The van der Waals surface area contributed by atoms with Gasteiger partial charge >= 0.3 is 30.2 Å². The molecule has 2 radical (unpaired) electrons. The van der Waals surface area contributed by atoms with E-state index in [2.05, 4.69) is 86.6 Å². The van der Waals surface area contributed by atoms with Gasteiger partial charge in [0.2, 0.25) is 0 Å². The summed E-state index contributed by atoms with van der Waals surface area (Å²) < 4.78 is 0. The standard InChI is InChI=1S/C13H9.C7H9.2CH3.2ClH.Si.Zr/c1-3-7-12-10(5-1)9-11-6-2-4-8-13(11)12;1-2-7-5-3-4-6-7;;;;;;/h1-9H;5-6H,2-3H2,1H3;2*1H3;2*1H;;/q4*-1;;;;. The van der Waals surface area contributed by atoms with Crippen LogP contribution in [0.4, 0.5) is 0 Å². The molecule has 3 aromatic carbocycles. The molecule has 0 spiro atoms. The maximum atomic E-state index is 3.11. The van der Waals surface area contributed by atoms with Gasteiger partial charge in [0.1, 0.15) is 0 Å². The third-order valence-corrected chi connectivity index (χ3v) is 3.70. The summed E-state index contributed by atoms with van der Waals surface area (Å²) in [5.41, 5.74) is 1.43. The molecule has 4 heteroatoms. The Balaban J connectivity index is -0.000000360. The molecule has 0 aromatic heterocycles.